The van der Waals surface area contributed by atoms with E-state index in [0.717, 1.165) is 19.6 Å². The highest BCUT2D eigenvalue weighted by molar-refractivity contribution is 6.47. The van der Waals surface area contributed by atoms with Gasteiger partial charge in [0.15, 0.2) is 0 Å². The maximum atomic E-state index is 13.1. The first-order valence-electron chi connectivity index (χ1n) is 10.6. The number of morpholine rings is 1. The van der Waals surface area contributed by atoms with Gasteiger partial charge in [-0.25, -0.2) is 0 Å². The lowest BCUT2D eigenvalue weighted by atomic mass is 9.95. The molecule has 2 heterocycles. The highest BCUT2D eigenvalue weighted by Crippen LogP contribution is 2.41. The van der Waals surface area contributed by atoms with Crippen molar-refractivity contribution in [2.75, 3.05) is 39.4 Å². The van der Waals surface area contributed by atoms with Crippen LogP contribution in [0, 0.1) is 0 Å². The van der Waals surface area contributed by atoms with Crippen LogP contribution in [0.25, 0.3) is 5.76 Å². The van der Waals surface area contributed by atoms with E-state index >= 15 is 0 Å². The molecule has 2 fully saturated rings. The molecule has 2 aliphatic rings. The summed E-state index contributed by atoms with van der Waals surface area (Å²) in [5.41, 5.74) is 1.06. The molecule has 2 saturated heterocycles. The number of ether oxygens (including phenoxy) is 1. The van der Waals surface area contributed by atoms with Gasteiger partial charge in [-0.3, -0.25) is 14.5 Å². The topological polar surface area (TPSA) is 70.1 Å². The highest BCUT2D eigenvalue weighted by Gasteiger charge is 2.46. The second-order valence-electron chi connectivity index (χ2n) is 7.83. The molecule has 0 aliphatic carbocycles. The molecular formula is C24H24Cl2N2O4. The summed E-state index contributed by atoms with van der Waals surface area (Å²) in [5.74, 6) is -1.58. The van der Waals surface area contributed by atoms with Crippen LogP contribution >= 0.6 is 23.2 Å². The fraction of sp³-hybridized carbons (Fsp3) is 0.333. The number of ketones is 1. The summed E-state index contributed by atoms with van der Waals surface area (Å²) in [4.78, 5) is 29.9. The molecule has 4 rings (SSSR count). The number of likely N-dealkylation sites (tertiary alicyclic amines) is 1. The van der Waals surface area contributed by atoms with Gasteiger partial charge in [0.2, 0.25) is 0 Å². The number of halogens is 2. The number of rotatable bonds is 6. The van der Waals surface area contributed by atoms with E-state index in [2.05, 4.69) is 4.90 Å². The Morgan fingerprint density at radius 3 is 2.38 bits per heavy atom. The minimum absolute atomic E-state index is 0.0387. The lowest BCUT2D eigenvalue weighted by Crippen LogP contribution is -2.39. The average Bonchev–Trinajstić information content (AvgIpc) is 3.05. The number of carbonyl (C=O) groups excluding carboxylic acids is 2. The van der Waals surface area contributed by atoms with Crippen LogP contribution in [0.2, 0.25) is 10.0 Å². The molecule has 168 valence electrons. The molecule has 8 heteroatoms. The summed E-state index contributed by atoms with van der Waals surface area (Å²) >= 11 is 12.4. The molecule has 1 amide bonds. The fourth-order valence-corrected chi connectivity index (χ4v) is 4.55. The van der Waals surface area contributed by atoms with Crippen molar-refractivity contribution in [3.63, 3.8) is 0 Å². The Morgan fingerprint density at radius 1 is 1.00 bits per heavy atom. The van der Waals surface area contributed by atoms with Gasteiger partial charge in [0.05, 0.1) is 24.8 Å². The number of hydrogen-bond donors (Lipinski definition) is 1. The molecular weight excluding hydrogens is 451 g/mol. The Morgan fingerprint density at radius 2 is 1.69 bits per heavy atom. The molecule has 2 aliphatic heterocycles. The SMILES string of the molecule is O=C1C(=O)N(CCCN2CCOCC2)C(c2ccccc2Cl)/C1=C(/O)c1ccc(Cl)cc1. The summed E-state index contributed by atoms with van der Waals surface area (Å²) < 4.78 is 5.38. The van der Waals surface area contributed by atoms with E-state index in [4.69, 9.17) is 27.9 Å². The van der Waals surface area contributed by atoms with E-state index in [1.807, 2.05) is 0 Å². The Labute approximate surface area is 197 Å². The van der Waals surface area contributed by atoms with Gasteiger partial charge in [0.1, 0.15) is 5.76 Å². The number of hydrogen-bond acceptors (Lipinski definition) is 5. The number of Topliss-reactive ketones (excluding diaryl/α,β-unsaturated/α-hetero) is 1. The van der Waals surface area contributed by atoms with Crippen molar-refractivity contribution < 1.29 is 19.4 Å². The van der Waals surface area contributed by atoms with Crippen molar-refractivity contribution in [3.8, 4) is 0 Å². The van der Waals surface area contributed by atoms with Gasteiger partial charge in [-0.1, -0.05) is 41.4 Å². The molecule has 32 heavy (non-hydrogen) atoms. The van der Waals surface area contributed by atoms with Crippen LogP contribution in [-0.2, 0) is 14.3 Å². The first kappa shape index (κ1) is 22.8. The van der Waals surface area contributed by atoms with E-state index in [1.165, 1.54) is 4.90 Å². The zero-order chi connectivity index (χ0) is 22.7. The van der Waals surface area contributed by atoms with Crippen LogP contribution in [-0.4, -0.2) is 66.0 Å². The summed E-state index contributed by atoms with van der Waals surface area (Å²) in [6.07, 6.45) is 0.689. The first-order valence-corrected chi connectivity index (χ1v) is 11.3. The fourth-order valence-electron chi connectivity index (χ4n) is 4.18. The van der Waals surface area contributed by atoms with E-state index in [0.29, 0.717) is 47.4 Å². The molecule has 0 radical (unpaired) electrons. The first-order chi connectivity index (χ1) is 15.5. The quantitative estimate of drug-likeness (QED) is 0.387. The average molecular weight is 475 g/mol. The molecule has 0 aromatic heterocycles. The molecule has 2 aromatic carbocycles. The lowest BCUT2D eigenvalue weighted by Gasteiger charge is -2.29. The van der Waals surface area contributed by atoms with Gasteiger partial charge in [-0.2, -0.15) is 0 Å². The predicted octanol–water partition coefficient (Wildman–Crippen LogP) is 4.14. The van der Waals surface area contributed by atoms with Crippen LogP contribution < -0.4 is 0 Å². The maximum Gasteiger partial charge on any atom is 0.295 e. The third-order valence-corrected chi connectivity index (χ3v) is 6.43. The Balaban J connectivity index is 1.68. The Bertz CT molecular complexity index is 1030. The molecule has 1 atom stereocenters. The van der Waals surface area contributed by atoms with Crippen molar-refractivity contribution >= 4 is 40.7 Å². The number of aliphatic hydroxyl groups excluding tert-OH is 1. The third-order valence-electron chi connectivity index (χ3n) is 5.83. The predicted molar refractivity (Wildman–Crippen MR) is 124 cm³/mol. The molecule has 1 N–H and O–H groups in total. The van der Waals surface area contributed by atoms with Crippen molar-refractivity contribution in [3.05, 3.63) is 75.3 Å². The van der Waals surface area contributed by atoms with Crippen LogP contribution in [0.5, 0.6) is 0 Å². The molecule has 0 bridgehead atoms. The summed E-state index contributed by atoms with van der Waals surface area (Å²) in [6.45, 7) is 4.26. The van der Waals surface area contributed by atoms with E-state index < -0.39 is 17.7 Å². The second kappa shape index (κ2) is 10.0. The molecule has 0 saturated carbocycles. The van der Waals surface area contributed by atoms with Gasteiger partial charge < -0.3 is 14.7 Å². The van der Waals surface area contributed by atoms with Gasteiger partial charge in [-0.05, 0) is 42.3 Å². The van der Waals surface area contributed by atoms with Crippen LogP contribution in [0.15, 0.2) is 54.1 Å². The minimum Gasteiger partial charge on any atom is -0.507 e. The summed E-state index contributed by atoms with van der Waals surface area (Å²) in [6, 6.07) is 12.8. The van der Waals surface area contributed by atoms with E-state index in [-0.39, 0.29) is 11.3 Å². The lowest BCUT2D eigenvalue weighted by molar-refractivity contribution is -0.140. The molecule has 1 unspecified atom stereocenters. The Kier molecular flexibility index (Phi) is 7.16. The minimum atomic E-state index is -0.760. The van der Waals surface area contributed by atoms with Crippen molar-refractivity contribution in [1.82, 2.24) is 9.80 Å². The maximum absolute atomic E-state index is 13.1. The van der Waals surface area contributed by atoms with Crippen LogP contribution in [0.3, 0.4) is 0 Å². The number of amides is 1. The zero-order valence-electron chi connectivity index (χ0n) is 17.5. The van der Waals surface area contributed by atoms with E-state index in [1.54, 1.807) is 48.5 Å². The summed E-state index contributed by atoms with van der Waals surface area (Å²) in [7, 11) is 0. The van der Waals surface area contributed by atoms with Gasteiger partial charge in [0, 0.05) is 41.8 Å². The van der Waals surface area contributed by atoms with Gasteiger partial charge >= 0.3 is 0 Å². The van der Waals surface area contributed by atoms with Crippen molar-refractivity contribution in [1.29, 1.82) is 0 Å². The monoisotopic (exact) mass is 474 g/mol. The second-order valence-corrected chi connectivity index (χ2v) is 8.67. The van der Waals surface area contributed by atoms with Crippen molar-refractivity contribution in [2.45, 2.75) is 12.5 Å². The molecule has 6 nitrogen and oxygen atoms in total. The van der Waals surface area contributed by atoms with Gasteiger partial charge in [-0.15, -0.1) is 0 Å². The molecule has 0 spiro atoms. The largest absolute Gasteiger partial charge is 0.507 e. The smallest absolute Gasteiger partial charge is 0.295 e. The normalized spacial score (nSPS) is 21.3. The number of carbonyl (C=O) groups is 2. The van der Waals surface area contributed by atoms with Crippen LogP contribution in [0.4, 0.5) is 0 Å². The third kappa shape index (κ3) is 4.69. The van der Waals surface area contributed by atoms with Crippen molar-refractivity contribution in [2.24, 2.45) is 0 Å². The highest BCUT2D eigenvalue weighted by atomic mass is 35.5. The number of benzene rings is 2. The summed E-state index contributed by atoms with van der Waals surface area (Å²) in [5, 5.41) is 12.0. The number of nitrogens with zero attached hydrogens (tertiary/aromatic N) is 2. The van der Waals surface area contributed by atoms with Crippen LogP contribution in [0.1, 0.15) is 23.6 Å². The number of aliphatic hydroxyl groups is 1. The van der Waals surface area contributed by atoms with Gasteiger partial charge in [0.25, 0.3) is 11.7 Å². The molecule has 2 aromatic rings. The zero-order valence-corrected chi connectivity index (χ0v) is 19.0. The standard InChI is InChI=1S/C24H24Cl2N2O4/c25-17-8-6-16(7-9-17)22(29)20-21(18-4-1-2-5-19(18)26)28(24(31)23(20)30)11-3-10-27-12-14-32-15-13-27/h1-2,4-9,21,29H,3,10-15H2/b22-20-. The Hall–Kier alpha value is -2.38. The van der Waals surface area contributed by atoms with E-state index in [9.17, 15) is 14.7 Å².